The molecule has 262 valence electrons. The standard InChI is InChI=1S/C36H43ClN4O7S/c1-23(2)30-22-31(25-9-11-28(37)12-10-25)34(24(3)4)48-35(30)26-5-7-27(8-6-26)36(42)39-49(45,46)29-13-14-32(33(21-29)41(43)44)38-15-16-40-17-19-47-20-18-40/h5-14,21,24,30-31,34-35,38H,1,15-20,22H2,2-4H3,(H,39,42)/t30-,31-,34+,35-/m1/s1. The first-order chi connectivity index (χ1) is 23.3. The minimum atomic E-state index is -4.42. The van der Waals surface area contributed by atoms with Crippen molar-refractivity contribution in [3.05, 3.63) is 111 Å². The maximum Gasteiger partial charge on any atom is 0.293 e. The van der Waals surface area contributed by atoms with Gasteiger partial charge in [-0.05, 0) is 66.8 Å². The number of nitro groups is 1. The van der Waals surface area contributed by atoms with Crippen LogP contribution in [0.5, 0.6) is 0 Å². The van der Waals surface area contributed by atoms with Crippen LogP contribution in [-0.4, -0.2) is 69.6 Å². The van der Waals surface area contributed by atoms with Crippen molar-refractivity contribution in [2.45, 2.75) is 50.2 Å². The molecule has 4 atom stereocenters. The Morgan fingerprint density at radius 3 is 2.33 bits per heavy atom. The van der Waals surface area contributed by atoms with Gasteiger partial charge in [0.1, 0.15) is 5.69 Å². The number of amides is 1. The van der Waals surface area contributed by atoms with E-state index in [0.717, 1.165) is 42.3 Å². The number of benzene rings is 3. The van der Waals surface area contributed by atoms with E-state index in [9.17, 15) is 23.3 Å². The smallest absolute Gasteiger partial charge is 0.293 e. The van der Waals surface area contributed by atoms with Crippen molar-refractivity contribution in [2.75, 3.05) is 44.7 Å². The molecule has 13 heteroatoms. The molecule has 2 aliphatic rings. The number of ether oxygens (including phenoxy) is 2. The molecule has 3 aromatic carbocycles. The Labute approximate surface area is 292 Å². The Hall–Kier alpha value is -3.81. The van der Waals surface area contributed by atoms with Gasteiger partial charge < -0.3 is 14.8 Å². The normalized spacial score (nSPS) is 21.7. The third-order valence-electron chi connectivity index (χ3n) is 9.21. The number of halogens is 1. The molecule has 3 aromatic rings. The number of nitro benzene ring substituents is 1. The third kappa shape index (κ3) is 8.87. The second kappa shape index (κ2) is 15.8. The molecule has 2 heterocycles. The van der Waals surface area contributed by atoms with Gasteiger partial charge in [-0.25, -0.2) is 13.1 Å². The monoisotopic (exact) mass is 710 g/mol. The summed E-state index contributed by atoms with van der Waals surface area (Å²) >= 11 is 6.15. The van der Waals surface area contributed by atoms with Gasteiger partial charge in [-0.3, -0.25) is 19.8 Å². The lowest BCUT2D eigenvalue weighted by Gasteiger charge is -2.44. The number of sulfonamides is 1. The van der Waals surface area contributed by atoms with Gasteiger partial charge in [0.25, 0.3) is 21.6 Å². The van der Waals surface area contributed by atoms with Crippen LogP contribution in [0, 0.1) is 22.0 Å². The second-order valence-corrected chi connectivity index (χ2v) is 15.1. The van der Waals surface area contributed by atoms with Crippen molar-refractivity contribution >= 4 is 38.9 Å². The van der Waals surface area contributed by atoms with E-state index in [1.807, 2.05) is 31.2 Å². The molecule has 0 bridgehead atoms. The van der Waals surface area contributed by atoms with E-state index >= 15 is 0 Å². The summed E-state index contributed by atoms with van der Waals surface area (Å²) in [5.74, 6) is -0.490. The highest BCUT2D eigenvalue weighted by atomic mass is 35.5. The fraction of sp³-hybridized carbons (Fsp3) is 0.417. The van der Waals surface area contributed by atoms with Crippen molar-refractivity contribution in [1.29, 1.82) is 0 Å². The van der Waals surface area contributed by atoms with Gasteiger partial charge in [-0.1, -0.05) is 61.9 Å². The number of nitrogens with zero attached hydrogens (tertiary/aromatic N) is 2. The van der Waals surface area contributed by atoms with Crippen molar-refractivity contribution in [2.24, 2.45) is 11.8 Å². The Bertz CT molecular complexity index is 1760. The molecular weight excluding hydrogens is 668 g/mol. The summed E-state index contributed by atoms with van der Waals surface area (Å²) in [4.78, 5) is 26.1. The summed E-state index contributed by atoms with van der Waals surface area (Å²) < 4.78 is 40.6. The average Bonchev–Trinajstić information content (AvgIpc) is 3.08. The highest BCUT2D eigenvalue weighted by Crippen LogP contribution is 2.48. The molecule has 1 amide bonds. The molecule has 49 heavy (non-hydrogen) atoms. The lowest BCUT2D eigenvalue weighted by atomic mass is 9.73. The van der Waals surface area contributed by atoms with Crippen LogP contribution < -0.4 is 10.0 Å². The number of carbonyl (C=O) groups excluding carboxylic acids is 1. The fourth-order valence-electron chi connectivity index (χ4n) is 6.53. The molecule has 0 aliphatic carbocycles. The summed E-state index contributed by atoms with van der Waals surface area (Å²) in [6.07, 6.45) is 0.431. The fourth-order valence-corrected chi connectivity index (χ4v) is 7.65. The van der Waals surface area contributed by atoms with E-state index in [1.54, 1.807) is 24.3 Å². The number of morpholine rings is 1. The van der Waals surface area contributed by atoms with Crippen LogP contribution in [-0.2, 0) is 19.5 Å². The molecule has 2 fully saturated rings. The van der Waals surface area contributed by atoms with Crippen LogP contribution in [0.3, 0.4) is 0 Å². The number of hydrogen-bond donors (Lipinski definition) is 2. The van der Waals surface area contributed by atoms with Crippen molar-refractivity contribution in [1.82, 2.24) is 9.62 Å². The Morgan fingerprint density at radius 2 is 1.71 bits per heavy atom. The number of carbonyl (C=O) groups is 1. The van der Waals surface area contributed by atoms with Crippen LogP contribution in [0.15, 0.2) is 83.8 Å². The second-order valence-electron chi connectivity index (χ2n) is 13.0. The van der Waals surface area contributed by atoms with Crippen molar-refractivity contribution < 1.29 is 27.6 Å². The van der Waals surface area contributed by atoms with E-state index in [4.69, 9.17) is 21.1 Å². The van der Waals surface area contributed by atoms with E-state index in [2.05, 4.69) is 35.4 Å². The lowest BCUT2D eigenvalue weighted by molar-refractivity contribution is -0.384. The lowest BCUT2D eigenvalue weighted by Crippen LogP contribution is -2.39. The number of rotatable bonds is 12. The van der Waals surface area contributed by atoms with E-state index in [-0.39, 0.29) is 41.2 Å². The number of anilines is 1. The molecule has 0 spiro atoms. The molecule has 0 aromatic heterocycles. The van der Waals surface area contributed by atoms with Gasteiger partial charge in [0.2, 0.25) is 0 Å². The maximum atomic E-state index is 13.2. The van der Waals surface area contributed by atoms with Crippen LogP contribution in [0.25, 0.3) is 0 Å². The average molecular weight is 711 g/mol. The maximum absolute atomic E-state index is 13.2. The molecular formula is C36H43ClN4O7S. The van der Waals surface area contributed by atoms with E-state index in [1.165, 1.54) is 12.1 Å². The summed E-state index contributed by atoms with van der Waals surface area (Å²) in [6.45, 7) is 14.4. The van der Waals surface area contributed by atoms with Crippen molar-refractivity contribution in [3.8, 4) is 0 Å². The third-order valence-corrected chi connectivity index (χ3v) is 10.8. The highest BCUT2D eigenvalue weighted by molar-refractivity contribution is 7.90. The van der Waals surface area contributed by atoms with Crippen LogP contribution in [0.2, 0.25) is 5.02 Å². The van der Waals surface area contributed by atoms with Gasteiger partial charge in [-0.15, -0.1) is 0 Å². The van der Waals surface area contributed by atoms with Gasteiger partial charge in [0.15, 0.2) is 0 Å². The summed E-state index contributed by atoms with van der Waals surface area (Å²) in [6, 6.07) is 18.0. The first kappa shape index (κ1) is 36.5. The first-order valence-corrected chi connectivity index (χ1v) is 18.3. The topological polar surface area (TPSA) is 140 Å². The Morgan fingerprint density at radius 1 is 1.06 bits per heavy atom. The first-order valence-electron chi connectivity index (χ1n) is 16.4. The Balaban J connectivity index is 1.28. The molecule has 11 nitrogen and oxygen atoms in total. The molecule has 2 aliphatic heterocycles. The highest BCUT2D eigenvalue weighted by Gasteiger charge is 2.41. The molecule has 0 radical (unpaired) electrons. The van der Waals surface area contributed by atoms with Gasteiger partial charge in [-0.2, -0.15) is 0 Å². The van der Waals surface area contributed by atoms with Crippen LogP contribution in [0.4, 0.5) is 11.4 Å². The zero-order valence-electron chi connectivity index (χ0n) is 27.9. The largest absolute Gasteiger partial charge is 0.379 e. The molecule has 0 unspecified atom stereocenters. The van der Waals surface area contributed by atoms with Crippen LogP contribution >= 0.6 is 11.6 Å². The number of nitrogens with one attached hydrogen (secondary N) is 2. The summed E-state index contributed by atoms with van der Waals surface area (Å²) in [5, 5.41) is 15.5. The van der Waals surface area contributed by atoms with Gasteiger partial charge in [0.05, 0.1) is 35.2 Å². The summed E-state index contributed by atoms with van der Waals surface area (Å²) in [5.41, 5.74) is 2.88. The SMILES string of the molecule is C=C(C)[C@H]1C[C@H](c2ccc(Cl)cc2)[C@H](C(C)C)O[C@@H]1c1ccc(C(=O)NS(=O)(=O)c2ccc(NCCN3CCOCC3)c([N+](=O)[O-])c2)cc1. The zero-order valence-corrected chi connectivity index (χ0v) is 29.5. The van der Waals surface area contributed by atoms with Crippen LogP contribution in [0.1, 0.15) is 60.7 Å². The molecule has 0 saturated carbocycles. The minimum absolute atomic E-state index is 0.00310. The molecule has 2 N–H and O–H groups in total. The van der Waals surface area contributed by atoms with Gasteiger partial charge in [0, 0.05) is 54.7 Å². The molecule has 2 saturated heterocycles. The Kier molecular flexibility index (Phi) is 11.8. The number of hydrogen-bond acceptors (Lipinski definition) is 9. The minimum Gasteiger partial charge on any atom is -0.379 e. The zero-order chi connectivity index (χ0) is 35.3. The quantitative estimate of drug-likeness (QED) is 0.121. The van der Waals surface area contributed by atoms with E-state index < -0.39 is 31.4 Å². The predicted octanol–water partition coefficient (Wildman–Crippen LogP) is 6.57. The predicted molar refractivity (Wildman–Crippen MR) is 190 cm³/mol. The van der Waals surface area contributed by atoms with Crippen molar-refractivity contribution in [3.63, 3.8) is 0 Å². The molecule has 5 rings (SSSR count). The van der Waals surface area contributed by atoms with E-state index in [0.29, 0.717) is 31.3 Å². The summed E-state index contributed by atoms with van der Waals surface area (Å²) in [7, 11) is -4.42. The van der Waals surface area contributed by atoms with Gasteiger partial charge >= 0.3 is 0 Å².